The number of methoxy groups -OCH3 is 1. The summed E-state index contributed by atoms with van der Waals surface area (Å²) in [7, 11) is 1.56. The highest BCUT2D eigenvalue weighted by atomic mass is 16.5. The number of nitrogens with one attached hydrogen (secondary N) is 2. The summed E-state index contributed by atoms with van der Waals surface area (Å²) in [5.41, 5.74) is 0.962. The number of anilines is 1. The van der Waals surface area contributed by atoms with Gasteiger partial charge in [-0.05, 0) is 12.1 Å². The lowest BCUT2D eigenvalue weighted by molar-refractivity contribution is -0.915. The number of benzene rings is 1. The number of amides is 1. The molecule has 1 amide bonds. The second-order valence-electron chi connectivity index (χ2n) is 6.96. The predicted octanol–water partition coefficient (Wildman–Crippen LogP) is -0.314. The maximum Gasteiger partial charge on any atom is 0.258 e. The van der Waals surface area contributed by atoms with E-state index in [9.17, 15) is 9.59 Å². The molecular formula is C21H28N3O5+. The number of carbonyl (C=O) groups is 1. The molecule has 8 heteroatoms. The highest BCUT2D eigenvalue weighted by Crippen LogP contribution is 2.12. The van der Waals surface area contributed by atoms with Crippen molar-refractivity contribution in [3.8, 4) is 5.75 Å². The van der Waals surface area contributed by atoms with Crippen LogP contribution in [0.3, 0.4) is 0 Å². The molecule has 1 aliphatic heterocycles. The van der Waals surface area contributed by atoms with Crippen molar-refractivity contribution in [1.82, 2.24) is 5.32 Å². The minimum absolute atomic E-state index is 0.0412. The molecule has 1 fully saturated rings. The Morgan fingerprint density at radius 3 is 2.69 bits per heavy atom. The molecule has 1 saturated heterocycles. The van der Waals surface area contributed by atoms with Gasteiger partial charge in [0.1, 0.15) is 12.8 Å². The number of carbonyl (C=O) groups excluding carboxylic acids is 1. The van der Waals surface area contributed by atoms with Gasteiger partial charge in [0.15, 0.2) is 12.4 Å². The second-order valence-corrected chi connectivity index (χ2v) is 6.96. The van der Waals surface area contributed by atoms with Gasteiger partial charge in [0, 0.05) is 25.4 Å². The SMILES string of the molecule is COCCNC(=O)COc1coc(C[NH+]2CCN(c3ccccc3)CC2)cc1=O. The summed E-state index contributed by atoms with van der Waals surface area (Å²) in [4.78, 5) is 27.6. The third-order valence-corrected chi connectivity index (χ3v) is 4.86. The molecule has 2 heterocycles. The van der Waals surface area contributed by atoms with Gasteiger partial charge >= 0.3 is 0 Å². The van der Waals surface area contributed by atoms with Crippen molar-refractivity contribution in [1.29, 1.82) is 0 Å². The number of nitrogens with zero attached hydrogens (tertiary/aromatic N) is 1. The quantitative estimate of drug-likeness (QED) is 0.560. The van der Waals surface area contributed by atoms with Crippen molar-refractivity contribution in [2.24, 2.45) is 0 Å². The fourth-order valence-electron chi connectivity index (χ4n) is 3.27. The number of hydrogen-bond donors (Lipinski definition) is 2. The van der Waals surface area contributed by atoms with Crippen molar-refractivity contribution >= 4 is 11.6 Å². The van der Waals surface area contributed by atoms with E-state index in [2.05, 4.69) is 34.5 Å². The Labute approximate surface area is 170 Å². The molecule has 2 aromatic rings. The average molecular weight is 402 g/mol. The van der Waals surface area contributed by atoms with E-state index in [4.69, 9.17) is 13.9 Å². The minimum Gasteiger partial charge on any atom is -0.477 e. The second kappa shape index (κ2) is 10.6. The van der Waals surface area contributed by atoms with E-state index in [0.717, 1.165) is 26.2 Å². The van der Waals surface area contributed by atoms with Crippen molar-refractivity contribution in [3.63, 3.8) is 0 Å². The molecule has 1 aromatic carbocycles. The molecule has 29 heavy (non-hydrogen) atoms. The third kappa shape index (κ3) is 6.33. The predicted molar refractivity (Wildman–Crippen MR) is 108 cm³/mol. The fourth-order valence-corrected chi connectivity index (χ4v) is 3.27. The normalized spacial score (nSPS) is 14.6. The van der Waals surface area contributed by atoms with Crippen molar-refractivity contribution in [2.75, 3.05) is 57.9 Å². The van der Waals surface area contributed by atoms with Gasteiger partial charge in [0.2, 0.25) is 11.2 Å². The smallest absolute Gasteiger partial charge is 0.258 e. The lowest BCUT2D eigenvalue weighted by Crippen LogP contribution is -3.13. The average Bonchev–Trinajstić information content (AvgIpc) is 2.74. The first-order valence-electron chi connectivity index (χ1n) is 9.79. The zero-order chi connectivity index (χ0) is 20.5. The van der Waals surface area contributed by atoms with Crippen LogP contribution in [0.4, 0.5) is 5.69 Å². The number of ether oxygens (including phenoxy) is 2. The number of quaternary nitrogens is 1. The van der Waals surface area contributed by atoms with Gasteiger partial charge < -0.3 is 29.0 Å². The van der Waals surface area contributed by atoms with E-state index in [-0.39, 0.29) is 23.7 Å². The molecule has 0 unspecified atom stereocenters. The van der Waals surface area contributed by atoms with E-state index < -0.39 is 0 Å². The summed E-state index contributed by atoms with van der Waals surface area (Å²) in [5.74, 6) is 0.348. The van der Waals surface area contributed by atoms with Crippen molar-refractivity contribution in [2.45, 2.75) is 6.54 Å². The Balaban J connectivity index is 1.46. The molecule has 2 N–H and O–H groups in total. The first kappa shape index (κ1) is 20.9. The van der Waals surface area contributed by atoms with Gasteiger partial charge in [0.25, 0.3) is 5.91 Å². The molecule has 3 rings (SSSR count). The highest BCUT2D eigenvalue weighted by Gasteiger charge is 2.21. The van der Waals surface area contributed by atoms with Crippen LogP contribution in [0.25, 0.3) is 0 Å². The van der Waals surface area contributed by atoms with E-state index in [0.29, 0.717) is 25.5 Å². The van der Waals surface area contributed by atoms with E-state index >= 15 is 0 Å². The Morgan fingerprint density at radius 1 is 1.24 bits per heavy atom. The van der Waals surface area contributed by atoms with E-state index in [1.165, 1.54) is 22.9 Å². The molecule has 0 saturated carbocycles. The number of piperazine rings is 1. The maximum atomic E-state index is 12.2. The summed E-state index contributed by atoms with van der Waals surface area (Å²) in [6.45, 7) is 5.09. The molecule has 1 aliphatic rings. The zero-order valence-electron chi connectivity index (χ0n) is 16.7. The Bertz CT molecular complexity index is 832. The van der Waals surface area contributed by atoms with Gasteiger partial charge in [-0.25, -0.2) is 0 Å². The molecule has 0 bridgehead atoms. The molecule has 0 radical (unpaired) electrons. The summed E-state index contributed by atoms with van der Waals surface area (Å²) in [6.07, 6.45) is 1.29. The van der Waals surface area contributed by atoms with Crippen LogP contribution in [0, 0.1) is 0 Å². The van der Waals surface area contributed by atoms with Crippen LogP contribution in [0.2, 0.25) is 0 Å². The van der Waals surface area contributed by atoms with Crippen molar-refractivity contribution in [3.05, 3.63) is 58.6 Å². The zero-order valence-corrected chi connectivity index (χ0v) is 16.7. The van der Waals surface area contributed by atoms with Gasteiger partial charge in [-0.2, -0.15) is 0 Å². The van der Waals surface area contributed by atoms with Crippen molar-refractivity contribution < 1.29 is 23.6 Å². The monoisotopic (exact) mass is 402 g/mol. The topological polar surface area (TPSA) is 85.4 Å². The lowest BCUT2D eigenvalue weighted by Gasteiger charge is -2.33. The van der Waals surface area contributed by atoms with Crippen LogP contribution in [0.1, 0.15) is 5.76 Å². The largest absolute Gasteiger partial charge is 0.477 e. The van der Waals surface area contributed by atoms with Gasteiger partial charge in [-0.1, -0.05) is 18.2 Å². The lowest BCUT2D eigenvalue weighted by atomic mass is 10.2. The van der Waals surface area contributed by atoms with Crippen LogP contribution < -0.4 is 25.3 Å². The first-order valence-corrected chi connectivity index (χ1v) is 9.79. The van der Waals surface area contributed by atoms with Crippen LogP contribution in [0.15, 0.2) is 51.9 Å². The molecule has 0 aliphatic carbocycles. The summed E-state index contributed by atoms with van der Waals surface area (Å²) >= 11 is 0. The molecular weight excluding hydrogens is 374 g/mol. The Morgan fingerprint density at radius 2 is 2.00 bits per heavy atom. The number of rotatable bonds is 9. The summed E-state index contributed by atoms with van der Waals surface area (Å²) in [6, 6.07) is 11.8. The fraction of sp³-hybridized carbons (Fsp3) is 0.429. The molecule has 1 aromatic heterocycles. The summed E-state index contributed by atoms with van der Waals surface area (Å²) < 4.78 is 15.7. The Kier molecular flexibility index (Phi) is 7.66. The number of hydrogen-bond acceptors (Lipinski definition) is 6. The van der Waals surface area contributed by atoms with Crippen LogP contribution in [0.5, 0.6) is 5.75 Å². The van der Waals surface area contributed by atoms with E-state index in [1.807, 2.05) is 6.07 Å². The van der Waals surface area contributed by atoms with Crippen LogP contribution in [-0.2, 0) is 16.1 Å². The van der Waals surface area contributed by atoms with Gasteiger partial charge in [-0.3, -0.25) is 9.59 Å². The molecule has 0 atom stereocenters. The molecule has 8 nitrogen and oxygen atoms in total. The van der Waals surface area contributed by atoms with Gasteiger partial charge in [0.05, 0.1) is 32.8 Å². The van der Waals surface area contributed by atoms with Crippen LogP contribution in [-0.4, -0.2) is 59.0 Å². The van der Waals surface area contributed by atoms with Gasteiger partial charge in [-0.15, -0.1) is 0 Å². The standard InChI is InChI=1S/C21H27N3O5/c1-27-12-7-22-21(26)16-29-20-15-28-18(13-19(20)25)14-23-8-10-24(11-9-23)17-5-3-2-4-6-17/h2-6,13,15H,7-12,14,16H2,1H3,(H,22,26)/p+1. The first-order chi connectivity index (χ1) is 14.2. The van der Waals surface area contributed by atoms with E-state index in [1.54, 1.807) is 7.11 Å². The minimum atomic E-state index is -0.314. The summed E-state index contributed by atoms with van der Waals surface area (Å²) in [5, 5.41) is 2.63. The highest BCUT2D eigenvalue weighted by molar-refractivity contribution is 5.77. The van der Waals surface area contributed by atoms with Crippen LogP contribution >= 0.6 is 0 Å². The number of para-hydroxylation sites is 1. The molecule has 156 valence electrons. The maximum absolute atomic E-state index is 12.2. The molecule has 0 spiro atoms. The third-order valence-electron chi connectivity index (χ3n) is 4.86. The Hall–Kier alpha value is -2.84.